The first-order valence-corrected chi connectivity index (χ1v) is 17.6. The predicted molar refractivity (Wildman–Crippen MR) is 179 cm³/mol. The highest BCUT2D eigenvalue weighted by Crippen LogP contribution is 2.37. The van der Waals surface area contributed by atoms with Crippen LogP contribution in [0.3, 0.4) is 0 Å². The summed E-state index contributed by atoms with van der Waals surface area (Å²) in [6, 6.07) is 8.40. The maximum atomic E-state index is 14.6. The highest BCUT2D eigenvalue weighted by atomic mass is 19.1. The van der Waals surface area contributed by atoms with Crippen LogP contribution in [0.5, 0.6) is 0 Å². The molecule has 1 unspecified atom stereocenters. The molecule has 0 saturated carbocycles. The van der Waals surface area contributed by atoms with Crippen molar-refractivity contribution in [3.63, 3.8) is 0 Å². The predicted octanol–water partition coefficient (Wildman–Crippen LogP) is 7.88. The van der Waals surface area contributed by atoms with E-state index in [4.69, 9.17) is 14.3 Å². The van der Waals surface area contributed by atoms with E-state index in [1.54, 1.807) is 6.20 Å². The Bertz CT molecular complexity index is 1380. The number of benzene rings is 1. The van der Waals surface area contributed by atoms with E-state index in [1.807, 2.05) is 44.2 Å². The van der Waals surface area contributed by atoms with Crippen molar-refractivity contribution in [2.45, 2.75) is 141 Å². The lowest BCUT2D eigenvalue weighted by atomic mass is 9.83. The molecule has 0 bridgehead atoms. The lowest BCUT2D eigenvalue weighted by molar-refractivity contribution is -0.226. The van der Waals surface area contributed by atoms with Crippen LogP contribution < -0.4 is 5.32 Å². The van der Waals surface area contributed by atoms with Gasteiger partial charge in [-0.2, -0.15) is 0 Å². The molecule has 1 fully saturated rings. The Morgan fingerprint density at radius 1 is 0.979 bits per heavy atom. The fourth-order valence-corrected chi connectivity index (χ4v) is 6.46. The highest BCUT2D eigenvalue weighted by molar-refractivity contribution is 6.11. The average molecular weight is 654 g/mol. The van der Waals surface area contributed by atoms with Crippen molar-refractivity contribution in [2.75, 3.05) is 6.67 Å². The fourth-order valence-electron chi connectivity index (χ4n) is 6.46. The number of halogens is 1. The minimum Gasteiger partial charge on any atom is -0.417 e. The first-order chi connectivity index (χ1) is 22.7. The standard InChI is InChI=1S/C37H52FN3O6/c1-4-5-6-7-8-9-10-11-12-13-14-15-16-21-32(42)45-37(26-38)31(24-33(43)46-37)40-35(44)36(27(2)3)25-30(41-47-36)34-29-20-18-17-19-28(29)22-23-39-34/h17-20,22-23,27,31H,4-16,21,24-26H2,1-3H3,(H,40,44)/t31-,36?,37+/m0/s1. The van der Waals surface area contributed by atoms with Gasteiger partial charge in [-0.05, 0) is 17.9 Å². The number of oxime groups is 1. The van der Waals surface area contributed by atoms with E-state index < -0.39 is 42.0 Å². The van der Waals surface area contributed by atoms with Gasteiger partial charge >= 0.3 is 17.7 Å². The third-order valence-corrected chi connectivity index (χ3v) is 9.46. The van der Waals surface area contributed by atoms with Gasteiger partial charge in [0, 0.05) is 30.3 Å². The molecule has 1 aromatic carbocycles. The van der Waals surface area contributed by atoms with Crippen molar-refractivity contribution >= 4 is 34.3 Å². The summed E-state index contributed by atoms with van der Waals surface area (Å²) in [5, 5.41) is 8.84. The Morgan fingerprint density at radius 3 is 2.26 bits per heavy atom. The third kappa shape index (κ3) is 9.29. The highest BCUT2D eigenvalue weighted by Gasteiger charge is 2.57. The summed E-state index contributed by atoms with van der Waals surface area (Å²) in [5.41, 5.74) is -0.330. The Labute approximate surface area is 278 Å². The number of hydrogen-bond acceptors (Lipinski definition) is 8. The fraction of sp³-hybridized carbons (Fsp3) is 0.649. The second kappa shape index (κ2) is 17.6. The van der Waals surface area contributed by atoms with Crippen molar-refractivity contribution in [1.29, 1.82) is 0 Å². The largest absolute Gasteiger partial charge is 0.417 e. The summed E-state index contributed by atoms with van der Waals surface area (Å²) in [6.07, 6.45) is 16.8. The number of amides is 1. The number of nitrogens with one attached hydrogen (secondary N) is 1. The molecule has 1 amide bonds. The monoisotopic (exact) mass is 653 g/mol. The number of alkyl halides is 1. The van der Waals surface area contributed by atoms with Crippen LogP contribution in [0.4, 0.5) is 4.39 Å². The molecule has 1 saturated heterocycles. The van der Waals surface area contributed by atoms with Gasteiger partial charge in [-0.3, -0.25) is 19.4 Å². The molecule has 1 aromatic heterocycles. The van der Waals surface area contributed by atoms with E-state index in [9.17, 15) is 18.8 Å². The van der Waals surface area contributed by atoms with E-state index >= 15 is 0 Å². The summed E-state index contributed by atoms with van der Waals surface area (Å²) >= 11 is 0. The minimum absolute atomic E-state index is 0.0754. The summed E-state index contributed by atoms with van der Waals surface area (Å²) in [7, 11) is 0. The van der Waals surface area contributed by atoms with Gasteiger partial charge in [-0.15, -0.1) is 0 Å². The van der Waals surface area contributed by atoms with Gasteiger partial charge in [0.1, 0.15) is 11.8 Å². The first kappa shape index (κ1) is 36.3. The zero-order valence-corrected chi connectivity index (χ0v) is 28.4. The SMILES string of the molecule is CCCCCCCCCCCCCCCC(=O)O[C@]1(CF)OC(=O)C[C@@H]1NC(=O)C1(C(C)C)CC(c2nccc3ccccc23)=NO1. The molecule has 2 aliphatic heterocycles. The van der Waals surface area contributed by atoms with Crippen LogP contribution in [-0.4, -0.2) is 52.6 Å². The van der Waals surface area contributed by atoms with E-state index in [-0.39, 0.29) is 25.2 Å². The molecule has 2 aromatic rings. The molecule has 0 radical (unpaired) electrons. The lowest BCUT2D eigenvalue weighted by Gasteiger charge is -2.34. The number of carbonyl (C=O) groups is 3. The van der Waals surface area contributed by atoms with E-state index in [0.717, 1.165) is 30.0 Å². The zero-order valence-electron chi connectivity index (χ0n) is 28.4. The molecule has 1 N–H and O–H groups in total. The number of pyridine rings is 1. The summed E-state index contributed by atoms with van der Waals surface area (Å²) in [6.45, 7) is 4.59. The van der Waals surface area contributed by atoms with Crippen LogP contribution in [0.15, 0.2) is 41.7 Å². The van der Waals surface area contributed by atoms with Crippen LogP contribution in [0, 0.1) is 5.92 Å². The van der Waals surface area contributed by atoms with Gasteiger partial charge in [0.25, 0.3) is 5.91 Å². The molecule has 2 aliphatic rings. The van der Waals surface area contributed by atoms with Crippen molar-refractivity contribution in [3.05, 3.63) is 42.2 Å². The van der Waals surface area contributed by atoms with Crippen LogP contribution in [0.1, 0.15) is 129 Å². The summed E-state index contributed by atoms with van der Waals surface area (Å²) < 4.78 is 25.3. The third-order valence-electron chi connectivity index (χ3n) is 9.46. The Balaban J connectivity index is 1.26. The van der Waals surface area contributed by atoms with Gasteiger partial charge in [0.2, 0.25) is 5.60 Å². The molecule has 3 atom stereocenters. The van der Waals surface area contributed by atoms with Crippen molar-refractivity contribution < 1.29 is 33.1 Å². The summed E-state index contributed by atoms with van der Waals surface area (Å²) in [4.78, 5) is 49.4. The maximum absolute atomic E-state index is 14.6. The molecule has 0 spiro atoms. The summed E-state index contributed by atoms with van der Waals surface area (Å²) in [5.74, 6) is -4.60. The van der Waals surface area contributed by atoms with Crippen LogP contribution >= 0.6 is 0 Å². The zero-order chi connectivity index (χ0) is 33.7. The van der Waals surface area contributed by atoms with Gasteiger partial charge in [-0.25, -0.2) is 4.39 Å². The van der Waals surface area contributed by atoms with E-state index in [0.29, 0.717) is 17.8 Å². The molecular formula is C37H52FN3O6. The normalized spacial score (nSPS) is 22.3. The Kier molecular flexibility index (Phi) is 13.5. The van der Waals surface area contributed by atoms with Crippen molar-refractivity contribution in [3.8, 4) is 0 Å². The quantitative estimate of drug-likeness (QED) is 0.114. The average Bonchev–Trinajstić information content (AvgIpc) is 3.65. The van der Waals surface area contributed by atoms with E-state index in [1.165, 1.54) is 57.8 Å². The van der Waals surface area contributed by atoms with Crippen LogP contribution in [0.2, 0.25) is 0 Å². The number of rotatable bonds is 20. The second-order valence-electron chi connectivity index (χ2n) is 13.3. The number of ether oxygens (including phenoxy) is 2. The minimum atomic E-state index is -2.22. The number of carbonyl (C=O) groups excluding carboxylic acids is 3. The van der Waals surface area contributed by atoms with Gasteiger partial charge in [0.05, 0.1) is 12.1 Å². The smallest absolute Gasteiger partial charge is 0.311 e. The first-order valence-electron chi connectivity index (χ1n) is 17.6. The molecular weight excluding hydrogens is 601 g/mol. The number of fused-ring (bicyclic) bond motifs is 1. The molecule has 3 heterocycles. The number of cyclic esters (lactones) is 1. The number of aromatic nitrogens is 1. The number of esters is 2. The van der Waals surface area contributed by atoms with Gasteiger partial charge < -0.3 is 19.6 Å². The molecule has 10 heteroatoms. The Morgan fingerprint density at radius 2 is 1.62 bits per heavy atom. The van der Waals surface area contributed by atoms with Gasteiger partial charge in [0.15, 0.2) is 6.67 Å². The maximum Gasteiger partial charge on any atom is 0.311 e. The molecule has 258 valence electrons. The van der Waals surface area contributed by atoms with Crippen LogP contribution in [-0.2, 0) is 28.7 Å². The van der Waals surface area contributed by atoms with Crippen molar-refractivity contribution in [1.82, 2.24) is 10.3 Å². The van der Waals surface area contributed by atoms with Gasteiger partial charge in [-0.1, -0.05) is 127 Å². The molecule has 47 heavy (non-hydrogen) atoms. The number of hydrogen-bond donors (Lipinski definition) is 1. The number of nitrogens with zero attached hydrogens (tertiary/aromatic N) is 2. The van der Waals surface area contributed by atoms with Crippen molar-refractivity contribution in [2.24, 2.45) is 11.1 Å². The molecule has 9 nitrogen and oxygen atoms in total. The molecule has 4 rings (SSSR count). The molecule has 0 aliphatic carbocycles. The van der Waals surface area contributed by atoms with E-state index in [2.05, 4.69) is 22.4 Å². The lowest BCUT2D eigenvalue weighted by Crippen LogP contribution is -2.60. The Hall–Kier alpha value is -3.56. The van der Waals surface area contributed by atoms with Crippen LogP contribution in [0.25, 0.3) is 10.8 Å². The number of unbranched alkanes of at least 4 members (excludes halogenated alkanes) is 12. The second-order valence-corrected chi connectivity index (χ2v) is 13.3. The topological polar surface area (TPSA) is 116 Å².